The molecule has 0 aliphatic carbocycles. The lowest BCUT2D eigenvalue weighted by molar-refractivity contribution is -0.116. The molecule has 0 unspecified atom stereocenters. The molecule has 2 aromatic rings. The number of hydrogen-bond acceptors (Lipinski definition) is 4. The number of nitrogens with zero attached hydrogens (tertiary/aromatic N) is 1. The first kappa shape index (κ1) is 19.2. The Morgan fingerprint density at radius 1 is 1.32 bits per heavy atom. The van der Waals surface area contributed by atoms with E-state index < -0.39 is 0 Å². The number of H-pyrrole nitrogens is 1. The molecule has 0 saturated heterocycles. The third-order valence-electron chi connectivity index (χ3n) is 4.37. The molecular formula is C19H25N3O2S. The third kappa shape index (κ3) is 5.19. The average molecular weight is 359 g/mol. The zero-order chi connectivity index (χ0) is 18.4. The number of benzene rings is 1. The van der Waals surface area contributed by atoms with Crippen LogP contribution in [0.15, 0.2) is 34.2 Å². The van der Waals surface area contributed by atoms with E-state index in [-0.39, 0.29) is 17.9 Å². The molecule has 0 fully saturated rings. The van der Waals surface area contributed by atoms with E-state index in [1.54, 1.807) is 6.92 Å². The summed E-state index contributed by atoms with van der Waals surface area (Å²) >= 11 is 1.39. The van der Waals surface area contributed by atoms with Crippen molar-refractivity contribution < 1.29 is 4.79 Å². The fourth-order valence-corrected chi connectivity index (χ4v) is 2.99. The third-order valence-corrected chi connectivity index (χ3v) is 4.95. The van der Waals surface area contributed by atoms with Crippen LogP contribution in [0.1, 0.15) is 49.4 Å². The van der Waals surface area contributed by atoms with Crippen molar-refractivity contribution in [3.8, 4) is 0 Å². The summed E-state index contributed by atoms with van der Waals surface area (Å²) < 4.78 is 0. The van der Waals surface area contributed by atoms with Crippen molar-refractivity contribution in [3.05, 3.63) is 51.4 Å². The molecule has 1 heterocycles. The highest BCUT2D eigenvalue weighted by Crippen LogP contribution is 2.20. The number of hydrogen-bond donors (Lipinski definition) is 2. The number of nitrogens with one attached hydrogen (secondary N) is 2. The van der Waals surface area contributed by atoms with Gasteiger partial charge in [0.2, 0.25) is 5.91 Å². The van der Waals surface area contributed by atoms with E-state index in [2.05, 4.69) is 29.1 Å². The molecule has 0 saturated carbocycles. The number of carbonyl (C=O) groups is 1. The van der Waals surface area contributed by atoms with Crippen molar-refractivity contribution in [1.29, 1.82) is 0 Å². The second-order valence-electron chi connectivity index (χ2n) is 6.12. The highest BCUT2D eigenvalue weighted by Gasteiger charge is 2.11. The molecular weight excluding hydrogens is 334 g/mol. The van der Waals surface area contributed by atoms with Gasteiger partial charge in [-0.15, -0.1) is 0 Å². The van der Waals surface area contributed by atoms with E-state index in [1.165, 1.54) is 17.3 Å². The monoisotopic (exact) mass is 359 g/mol. The first-order valence-corrected chi connectivity index (χ1v) is 9.70. The van der Waals surface area contributed by atoms with Gasteiger partial charge in [-0.3, -0.25) is 9.59 Å². The van der Waals surface area contributed by atoms with E-state index >= 15 is 0 Å². The second-order valence-corrected chi connectivity index (χ2v) is 6.91. The summed E-state index contributed by atoms with van der Waals surface area (Å²) in [5.74, 6) is 0.403. The summed E-state index contributed by atoms with van der Waals surface area (Å²) in [6, 6.07) is 7.94. The molecule has 0 bridgehead atoms. The Bertz CT molecular complexity index is 784. The summed E-state index contributed by atoms with van der Waals surface area (Å²) in [7, 11) is 0. The lowest BCUT2D eigenvalue weighted by Gasteiger charge is -2.11. The van der Waals surface area contributed by atoms with Gasteiger partial charge >= 0.3 is 0 Å². The Balaban J connectivity index is 1.96. The van der Waals surface area contributed by atoms with Crippen molar-refractivity contribution in [2.75, 3.05) is 11.6 Å². The Morgan fingerprint density at radius 3 is 2.56 bits per heavy atom. The molecule has 2 N–H and O–H groups in total. The van der Waals surface area contributed by atoms with Crippen molar-refractivity contribution in [3.63, 3.8) is 0 Å². The van der Waals surface area contributed by atoms with Gasteiger partial charge in [0.25, 0.3) is 5.56 Å². The molecule has 134 valence electrons. The number of carbonyl (C=O) groups excluding carboxylic acids is 1. The Hall–Kier alpha value is -2.08. The van der Waals surface area contributed by atoms with E-state index in [9.17, 15) is 9.59 Å². The van der Waals surface area contributed by atoms with Crippen LogP contribution >= 0.6 is 11.8 Å². The van der Waals surface area contributed by atoms with Gasteiger partial charge in [-0.25, -0.2) is 4.98 Å². The van der Waals surface area contributed by atoms with Gasteiger partial charge in [-0.05, 0) is 49.6 Å². The zero-order valence-corrected chi connectivity index (χ0v) is 16.0. The number of rotatable bonds is 7. The number of aryl methyl sites for hydroxylation is 1. The van der Waals surface area contributed by atoms with E-state index in [0.717, 1.165) is 12.1 Å². The average Bonchev–Trinajstić information content (AvgIpc) is 2.60. The molecule has 25 heavy (non-hydrogen) atoms. The maximum absolute atomic E-state index is 12.2. The number of thioether (sulfide) groups is 1. The minimum atomic E-state index is -0.164. The van der Waals surface area contributed by atoms with Crippen molar-refractivity contribution >= 4 is 23.4 Å². The zero-order valence-electron chi connectivity index (χ0n) is 15.2. The van der Waals surface area contributed by atoms with Crippen LogP contribution in [-0.2, 0) is 11.2 Å². The van der Waals surface area contributed by atoms with Crippen LogP contribution in [0.5, 0.6) is 0 Å². The summed E-state index contributed by atoms with van der Waals surface area (Å²) in [5, 5.41) is 3.48. The summed E-state index contributed by atoms with van der Waals surface area (Å²) in [5.41, 5.74) is 3.13. The molecule has 2 rings (SSSR count). The maximum atomic E-state index is 12.2. The van der Waals surface area contributed by atoms with Gasteiger partial charge in [0.1, 0.15) is 0 Å². The van der Waals surface area contributed by atoms with Gasteiger partial charge in [0, 0.05) is 23.4 Å². The minimum Gasteiger partial charge on any atom is -0.326 e. The van der Waals surface area contributed by atoms with Crippen LogP contribution in [0.3, 0.4) is 0 Å². The molecule has 1 atom stereocenters. The van der Waals surface area contributed by atoms with E-state index in [0.29, 0.717) is 28.8 Å². The highest BCUT2D eigenvalue weighted by atomic mass is 32.2. The lowest BCUT2D eigenvalue weighted by atomic mass is 9.98. The van der Waals surface area contributed by atoms with Crippen LogP contribution in [0.25, 0.3) is 0 Å². The SMILES string of the molecule is CC[C@@H](C)c1ccc(NC(=O)CCc2c(C)nc(SC)[nH]c2=O)cc1. The molecule has 0 aliphatic heterocycles. The summed E-state index contributed by atoms with van der Waals surface area (Å²) in [6.07, 6.45) is 3.57. The molecule has 5 nitrogen and oxygen atoms in total. The normalized spacial score (nSPS) is 12.0. The molecule has 0 spiro atoms. The Labute approximate surface area is 152 Å². The number of aromatic amines is 1. The van der Waals surface area contributed by atoms with Gasteiger partial charge in [0.05, 0.1) is 0 Å². The van der Waals surface area contributed by atoms with Gasteiger partial charge in [-0.1, -0.05) is 37.7 Å². The first-order chi connectivity index (χ1) is 11.9. The van der Waals surface area contributed by atoms with Gasteiger partial charge in [0.15, 0.2) is 5.16 Å². The van der Waals surface area contributed by atoms with Crippen molar-refractivity contribution in [2.45, 2.75) is 51.1 Å². The molecule has 0 radical (unpaired) electrons. The van der Waals surface area contributed by atoms with Gasteiger partial charge in [-0.2, -0.15) is 0 Å². The fraction of sp³-hybridized carbons (Fsp3) is 0.421. The summed E-state index contributed by atoms with van der Waals surface area (Å²) in [6.45, 7) is 6.14. The van der Waals surface area contributed by atoms with Crippen LogP contribution in [0.2, 0.25) is 0 Å². The molecule has 1 aromatic heterocycles. The fourth-order valence-electron chi connectivity index (χ4n) is 2.57. The molecule has 6 heteroatoms. The molecule has 0 aliphatic rings. The molecule has 1 amide bonds. The number of aromatic nitrogens is 2. The Morgan fingerprint density at radius 2 is 2.00 bits per heavy atom. The standard InChI is InChI=1S/C19H25N3O2S/c1-5-12(2)14-6-8-15(9-7-14)21-17(23)11-10-16-13(3)20-19(25-4)22-18(16)24/h6-9,12H,5,10-11H2,1-4H3,(H,21,23)(H,20,22,24)/t12-/m1/s1. The van der Waals surface area contributed by atoms with Crippen LogP contribution in [0.4, 0.5) is 5.69 Å². The van der Waals surface area contributed by atoms with E-state index in [4.69, 9.17) is 0 Å². The topological polar surface area (TPSA) is 74.8 Å². The lowest BCUT2D eigenvalue weighted by Crippen LogP contribution is -2.20. The van der Waals surface area contributed by atoms with Crippen molar-refractivity contribution in [2.24, 2.45) is 0 Å². The predicted molar refractivity (Wildman–Crippen MR) is 103 cm³/mol. The quantitative estimate of drug-likeness (QED) is 0.581. The number of anilines is 1. The smallest absolute Gasteiger partial charge is 0.254 e. The van der Waals surface area contributed by atoms with Crippen LogP contribution < -0.4 is 10.9 Å². The largest absolute Gasteiger partial charge is 0.326 e. The van der Waals surface area contributed by atoms with E-state index in [1.807, 2.05) is 30.5 Å². The predicted octanol–water partition coefficient (Wildman–Crippen LogP) is 3.89. The summed E-state index contributed by atoms with van der Waals surface area (Å²) in [4.78, 5) is 31.3. The van der Waals surface area contributed by atoms with Crippen LogP contribution in [0, 0.1) is 6.92 Å². The molecule has 1 aromatic carbocycles. The van der Waals surface area contributed by atoms with Crippen molar-refractivity contribution in [1.82, 2.24) is 9.97 Å². The first-order valence-electron chi connectivity index (χ1n) is 8.48. The van der Waals surface area contributed by atoms with Crippen LogP contribution in [-0.4, -0.2) is 22.1 Å². The number of amides is 1. The maximum Gasteiger partial charge on any atom is 0.254 e. The Kier molecular flexibility index (Phi) is 6.82. The van der Waals surface area contributed by atoms with Gasteiger partial charge < -0.3 is 10.3 Å². The second kappa shape index (κ2) is 8.85. The highest BCUT2D eigenvalue weighted by molar-refractivity contribution is 7.98. The minimum absolute atomic E-state index is 0.107.